The Balaban J connectivity index is 1.73. The number of carbonyl (C=O) groups excluding carboxylic acids is 2. The highest BCUT2D eigenvalue weighted by Gasteiger charge is 2.49. The second-order valence-corrected chi connectivity index (χ2v) is 6.76. The van der Waals surface area contributed by atoms with E-state index < -0.39 is 24.1 Å². The van der Waals surface area contributed by atoms with Crippen molar-refractivity contribution in [3.05, 3.63) is 24.3 Å². The lowest BCUT2D eigenvalue weighted by atomic mass is 10.1. The number of hydrogen-bond acceptors (Lipinski definition) is 7. The first-order valence-electron chi connectivity index (χ1n) is 8.53. The molecule has 2 atom stereocenters. The van der Waals surface area contributed by atoms with Crippen LogP contribution in [0.2, 0.25) is 0 Å². The minimum absolute atomic E-state index is 0.0957. The van der Waals surface area contributed by atoms with Crippen LogP contribution in [0, 0.1) is 0 Å². The van der Waals surface area contributed by atoms with Gasteiger partial charge in [-0.15, -0.1) is 10.2 Å². The maximum Gasteiger partial charge on any atom is 0.325 e. The lowest BCUT2D eigenvalue weighted by Gasteiger charge is -2.37. The topological polar surface area (TPSA) is 126 Å². The van der Waals surface area contributed by atoms with E-state index in [2.05, 4.69) is 25.5 Å². The number of H-pyrrole nitrogens is 1. The van der Waals surface area contributed by atoms with E-state index in [9.17, 15) is 14.7 Å². The predicted molar refractivity (Wildman–Crippen MR) is 97.8 cm³/mol. The Morgan fingerprint density at radius 1 is 1.22 bits per heavy atom. The maximum absolute atomic E-state index is 12.4. The van der Waals surface area contributed by atoms with Crippen LogP contribution in [0.5, 0.6) is 5.88 Å². The minimum Gasteiger partial charge on any atom is -0.493 e. The Kier molecular flexibility index (Phi) is 3.83. The van der Waals surface area contributed by atoms with Gasteiger partial charge in [-0.2, -0.15) is 0 Å². The van der Waals surface area contributed by atoms with Gasteiger partial charge in [-0.25, -0.2) is 9.79 Å². The number of carbonyl (C=O) groups is 2. The molecular weight excluding hydrogens is 350 g/mol. The number of imide groups is 1. The molecule has 0 bridgehead atoms. The van der Waals surface area contributed by atoms with Crippen molar-refractivity contribution in [2.75, 3.05) is 7.05 Å². The molecule has 1 fully saturated rings. The van der Waals surface area contributed by atoms with Gasteiger partial charge in [-0.05, 0) is 19.9 Å². The third-order valence-corrected chi connectivity index (χ3v) is 4.73. The molecule has 1 saturated heterocycles. The van der Waals surface area contributed by atoms with E-state index in [0.29, 0.717) is 5.69 Å². The number of hydrogen-bond donors (Lipinski definition) is 3. The number of para-hydroxylation sites is 1. The van der Waals surface area contributed by atoms with Gasteiger partial charge >= 0.3 is 6.03 Å². The largest absolute Gasteiger partial charge is 0.493 e. The number of nitrogens with one attached hydrogen (secondary N) is 2. The van der Waals surface area contributed by atoms with E-state index in [1.165, 1.54) is 4.90 Å². The third kappa shape index (κ3) is 2.60. The van der Waals surface area contributed by atoms with Crippen LogP contribution in [-0.4, -0.2) is 63.1 Å². The van der Waals surface area contributed by atoms with Crippen molar-refractivity contribution in [2.45, 2.75) is 32.1 Å². The predicted octanol–water partition coefficient (Wildman–Crippen LogP) is 1.91. The Morgan fingerprint density at radius 3 is 2.70 bits per heavy atom. The third-order valence-electron chi connectivity index (χ3n) is 4.73. The molecule has 10 heteroatoms. The monoisotopic (exact) mass is 369 g/mol. The molecule has 2 aromatic rings. The number of urea groups is 1. The second-order valence-electron chi connectivity index (χ2n) is 6.76. The van der Waals surface area contributed by atoms with Crippen LogP contribution in [0.4, 0.5) is 10.5 Å². The van der Waals surface area contributed by atoms with Gasteiger partial charge in [-0.1, -0.05) is 18.2 Å². The number of aromatic nitrogens is 1. The van der Waals surface area contributed by atoms with E-state index >= 15 is 0 Å². The number of nitrogens with zero attached hydrogens (tertiary/aromatic N) is 5. The number of likely N-dealkylation sites (N-methyl/N-ethyl adjacent to an activating group) is 1. The molecular formula is C17H19N7O3. The van der Waals surface area contributed by atoms with Crippen molar-refractivity contribution in [3.63, 3.8) is 0 Å². The molecule has 2 aliphatic heterocycles. The smallest absolute Gasteiger partial charge is 0.325 e. The summed E-state index contributed by atoms with van der Waals surface area (Å²) in [5.41, 5.74) is 1.03. The zero-order valence-electron chi connectivity index (χ0n) is 15.0. The van der Waals surface area contributed by atoms with E-state index in [4.69, 9.17) is 0 Å². The Hall–Kier alpha value is -3.43. The summed E-state index contributed by atoms with van der Waals surface area (Å²) in [5, 5.41) is 21.5. The van der Waals surface area contributed by atoms with Gasteiger partial charge in [0, 0.05) is 18.5 Å². The van der Waals surface area contributed by atoms with E-state index in [0.717, 1.165) is 10.9 Å². The quantitative estimate of drug-likeness (QED) is 0.699. The summed E-state index contributed by atoms with van der Waals surface area (Å²) in [6, 6.07) is 6.05. The van der Waals surface area contributed by atoms with Crippen molar-refractivity contribution >= 4 is 34.5 Å². The molecule has 4 rings (SSSR count). The van der Waals surface area contributed by atoms with Gasteiger partial charge in [0.2, 0.25) is 11.8 Å². The van der Waals surface area contributed by atoms with Gasteiger partial charge in [0.1, 0.15) is 0 Å². The molecule has 2 aliphatic rings. The fourth-order valence-corrected chi connectivity index (χ4v) is 3.41. The van der Waals surface area contributed by atoms with E-state index in [-0.39, 0.29) is 17.9 Å². The summed E-state index contributed by atoms with van der Waals surface area (Å²) in [5.74, 6) is -0.279. The molecule has 10 nitrogen and oxygen atoms in total. The first kappa shape index (κ1) is 17.0. The molecule has 0 saturated carbocycles. The average Bonchev–Trinajstić information content (AvgIpc) is 3.16. The number of benzene rings is 1. The normalized spacial score (nSPS) is 22.7. The minimum atomic E-state index is -0.668. The van der Waals surface area contributed by atoms with E-state index in [1.807, 2.05) is 38.1 Å². The van der Waals surface area contributed by atoms with Crippen molar-refractivity contribution in [1.29, 1.82) is 0 Å². The van der Waals surface area contributed by atoms with Gasteiger partial charge in [-0.3, -0.25) is 10.1 Å². The van der Waals surface area contributed by atoms with Crippen LogP contribution in [0.1, 0.15) is 13.8 Å². The lowest BCUT2D eigenvalue weighted by molar-refractivity contribution is -0.127. The van der Waals surface area contributed by atoms with Crippen LogP contribution in [0.15, 0.2) is 39.5 Å². The fourth-order valence-electron chi connectivity index (χ4n) is 3.41. The Morgan fingerprint density at radius 2 is 1.96 bits per heavy atom. The summed E-state index contributed by atoms with van der Waals surface area (Å²) >= 11 is 0. The number of amides is 3. The number of guanidine groups is 1. The molecule has 3 heterocycles. The van der Waals surface area contributed by atoms with Crippen molar-refractivity contribution in [1.82, 2.24) is 20.1 Å². The van der Waals surface area contributed by atoms with Crippen molar-refractivity contribution in [2.24, 2.45) is 15.2 Å². The lowest BCUT2D eigenvalue weighted by Crippen LogP contribution is -2.64. The number of fused-ring (bicyclic) bond motifs is 2. The maximum atomic E-state index is 12.4. The molecule has 1 aromatic heterocycles. The van der Waals surface area contributed by atoms with Crippen LogP contribution >= 0.6 is 0 Å². The fraction of sp³-hybridized carbons (Fsp3) is 0.353. The molecule has 1 aromatic carbocycles. The average molecular weight is 369 g/mol. The summed E-state index contributed by atoms with van der Waals surface area (Å²) in [6.07, 6.45) is -0.667. The van der Waals surface area contributed by atoms with E-state index in [1.54, 1.807) is 11.9 Å². The van der Waals surface area contributed by atoms with Gasteiger partial charge < -0.3 is 19.9 Å². The SMILES string of the molecule is CC(C)N1C(N=Nc2c(O)[nH]c3ccccc23)=NC2C1C(=O)NC(=O)N2C. The summed E-state index contributed by atoms with van der Waals surface area (Å²) in [7, 11) is 1.58. The molecule has 140 valence electrons. The standard InChI is InChI=1S/C17H19N7O3/c1-8(2)24-12-13(23(3)17(27)20-15(12)26)19-16(24)22-21-11-9-6-4-5-7-10(9)18-14(11)25/h4-8,12-13,18,25H,1-3H3,(H,20,26,27). The van der Waals surface area contributed by atoms with Crippen molar-refractivity contribution in [3.8, 4) is 5.88 Å². The van der Waals surface area contributed by atoms with Gasteiger partial charge in [0.05, 0.1) is 5.52 Å². The number of aromatic amines is 1. The molecule has 0 radical (unpaired) electrons. The summed E-state index contributed by atoms with van der Waals surface area (Å²) < 4.78 is 0. The Labute approximate surface area is 154 Å². The highest BCUT2D eigenvalue weighted by Crippen LogP contribution is 2.36. The molecule has 3 N–H and O–H groups in total. The highest BCUT2D eigenvalue weighted by molar-refractivity contribution is 6.04. The molecule has 3 amide bonds. The second kappa shape index (κ2) is 6.08. The highest BCUT2D eigenvalue weighted by atomic mass is 16.3. The zero-order valence-corrected chi connectivity index (χ0v) is 15.0. The molecule has 0 spiro atoms. The van der Waals surface area contributed by atoms with Crippen LogP contribution < -0.4 is 5.32 Å². The molecule has 2 unspecified atom stereocenters. The Bertz CT molecular complexity index is 994. The van der Waals surface area contributed by atoms with Gasteiger partial charge in [0.25, 0.3) is 5.91 Å². The first-order chi connectivity index (χ1) is 12.9. The van der Waals surface area contributed by atoms with Gasteiger partial charge in [0.15, 0.2) is 17.9 Å². The van der Waals surface area contributed by atoms with Crippen LogP contribution in [-0.2, 0) is 4.79 Å². The van der Waals surface area contributed by atoms with Crippen LogP contribution in [0.25, 0.3) is 10.9 Å². The first-order valence-corrected chi connectivity index (χ1v) is 8.53. The molecule has 0 aliphatic carbocycles. The summed E-state index contributed by atoms with van der Waals surface area (Å²) in [4.78, 5) is 34.6. The number of aliphatic imine (C=N–C) groups is 1. The van der Waals surface area contributed by atoms with Crippen LogP contribution in [0.3, 0.4) is 0 Å². The van der Waals surface area contributed by atoms with Crippen molar-refractivity contribution < 1.29 is 14.7 Å². The zero-order chi connectivity index (χ0) is 19.3. The number of aromatic hydroxyl groups is 1. The number of azo groups is 1. The summed E-state index contributed by atoms with van der Waals surface area (Å²) in [6.45, 7) is 3.81. The molecule has 27 heavy (non-hydrogen) atoms. The number of rotatable bonds is 2.